The largest absolute Gasteiger partial charge is 0.467 e. The molecule has 0 bridgehead atoms. The van der Waals surface area contributed by atoms with E-state index in [0.717, 1.165) is 36.4 Å². The Balaban J connectivity index is 1.32. The molecule has 1 aromatic carbocycles. The molecule has 0 aliphatic carbocycles. The van der Waals surface area contributed by atoms with E-state index in [2.05, 4.69) is 63.1 Å². The van der Waals surface area contributed by atoms with Crippen molar-refractivity contribution < 1.29 is 9.21 Å². The lowest BCUT2D eigenvalue weighted by Crippen LogP contribution is -2.32. The zero-order valence-corrected chi connectivity index (χ0v) is 20.3. The predicted molar refractivity (Wildman–Crippen MR) is 132 cm³/mol. The fourth-order valence-electron chi connectivity index (χ4n) is 4.01. The maximum atomic E-state index is 12.5. The van der Waals surface area contributed by atoms with Gasteiger partial charge in [0.25, 0.3) is 0 Å². The van der Waals surface area contributed by atoms with Crippen LogP contribution in [0.1, 0.15) is 55.9 Å². The first-order chi connectivity index (χ1) is 16.1. The minimum absolute atomic E-state index is 0.00544. The molecule has 1 N–H and O–H groups in total. The summed E-state index contributed by atoms with van der Waals surface area (Å²) in [5.74, 6) is 2.55. The molecule has 2 aromatic heterocycles. The van der Waals surface area contributed by atoms with Gasteiger partial charge in [-0.2, -0.15) is 0 Å². The molecule has 1 amide bonds. The highest BCUT2D eigenvalue weighted by molar-refractivity contribution is 7.99. The average Bonchev–Trinajstić information content (AvgIpc) is 3.49. The Hall–Kier alpha value is -2.74. The number of hydrogen-bond donors (Lipinski definition) is 1. The van der Waals surface area contributed by atoms with E-state index < -0.39 is 0 Å². The summed E-state index contributed by atoms with van der Waals surface area (Å²) < 4.78 is 7.63. The number of furan rings is 1. The molecule has 176 valence electrons. The van der Waals surface area contributed by atoms with E-state index in [9.17, 15) is 4.79 Å². The number of piperidine rings is 1. The molecule has 0 radical (unpaired) electrons. The molecule has 4 rings (SSSR count). The normalized spacial score (nSPS) is 14.1. The Morgan fingerprint density at radius 2 is 1.91 bits per heavy atom. The fourth-order valence-corrected chi connectivity index (χ4v) is 4.77. The van der Waals surface area contributed by atoms with E-state index in [1.54, 1.807) is 6.26 Å². The summed E-state index contributed by atoms with van der Waals surface area (Å²) >= 11 is 1.42. The third-order valence-corrected chi connectivity index (χ3v) is 6.91. The highest BCUT2D eigenvalue weighted by Gasteiger charge is 2.21. The van der Waals surface area contributed by atoms with Crippen molar-refractivity contribution in [1.29, 1.82) is 0 Å². The zero-order chi connectivity index (χ0) is 23.0. The first-order valence-corrected chi connectivity index (χ1v) is 12.8. The van der Waals surface area contributed by atoms with Crippen molar-refractivity contribution in [2.45, 2.75) is 57.1 Å². The average molecular weight is 468 g/mol. The van der Waals surface area contributed by atoms with Crippen molar-refractivity contribution in [3.8, 4) is 0 Å². The van der Waals surface area contributed by atoms with E-state index in [1.807, 2.05) is 12.1 Å². The van der Waals surface area contributed by atoms with Crippen molar-refractivity contribution in [1.82, 2.24) is 20.1 Å². The van der Waals surface area contributed by atoms with Crippen LogP contribution in [0, 0.1) is 0 Å². The van der Waals surface area contributed by atoms with Gasteiger partial charge in [0.05, 0.1) is 18.6 Å². The fraction of sp³-hybridized carbons (Fsp3) is 0.480. The monoisotopic (exact) mass is 467 g/mol. The SMILES string of the molecule is CC(C)c1ccc(CCNC(=O)CSc2nnc(N3CCCCC3)n2Cc2ccco2)cc1. The quantitative estimate of drug-likeness (QED) is 0.443. The lowest BCUT2D eigenvalue weighted by molar-refractivity contribution is -0.118. The number of anilines is 1. The topological polar surface area (TPSA) is 76.2 Å². The summed E-state index contributed by atoms with van der Waals surface area (Å²) in [5.41, 5.74) is 2.57. The molecule has 1 aliphatic heterocycles. The Bertz CT molecular complexity index is 1010. The van der Waals surface area contributed by atoms with Gasteiger partial charge >= 0.3 is 0 Å². The van der Waals surface area contributed by atoms with Crippen LogP contribution < -0.4 is 10.2 Å². The number of carbonyl (C=O) groups excluding carboxylic acids is 1. The smallest absolute Gasteiger partial charge is 0.230 e. The molecule has 3 aromatic rings. The van der Waals surface area contributed by atoms with Gasteiger partial charge in [-0.25, -0.2) is 0 Å². The molecular weight excluding hydrogens is 434 g/mol. The number of hydrogen-bond acceptors (Lipinski definition) is 6. The molecule has 0 atom stereocenters. The number of benzene rings is 1. The summed E-state index contributed by atoms with van der Waals surface area (Å²) in [4.78, 5) is 14.8. The number of nitrogens with zero attached hydrogens (tertiary/aromatic N) is 4. The molecule has 8 heteroatoms. The van der Waals surface area contributed by atoms with E-state index in [-0.39, 0.29) is 5.91 Å². The zero-order valence-electron chi connectivity index (χ0n) is 19.5. The minimum atomic E-state index is 0.00544. The van der Waals surface area contributed by atoms with Gasteiger partial charge in [-0.1, -0.05) is 49.9 Å². The second kappa shape index (κ2) is 11.4. The lowest BCUT2D eigenvalue weighted by Gasteiger charge is -2.27. The van der Waals surface area contributed by atoms with Crippen LogP contribution in [0.3, 0.4) is 0 Å². The third-order valence-electron chi connectivity index (χ3n) is 5.94. The van der Waals surface area contributed by atoms with E-state index in [4.69, 9.17) is 4.42 Å². The summed E-state index contributed by atoms with van der Waals surface area (Å²) in [5, 5.41) is 12.6. The molecule has 1 aliphatic rings. The Morgan fingerprint density at radius 3 is 2.61 bits per heavy atom. The van der Waals surface area contributed by atoms with Crippen molar-refractivity contribution >= 4 is 23.6 Å². The molecule has 3 heterocycles. The van der Waals surface area contributed by atoms with Crippen LogP contribution in [0.15, 0.2) is 52.2 Å². The summed E-state index contributed by atoms with van der Waals surface area (Å²) in [6, 6.07) is 12.5. The number of amides is 1. The molecule has 0 unspecified atom stereocenters. The molecule has 0 spiro atoms. The second-order valence-electron chi connectivity index (χ2n) is 8.78. The predicted octanol–water partition coefficient (Wildman–Crippen LogP) is 4.48. The van der Waals surface area contributed by atoms with Crippen molar-refractivity contribution in [2.24, 2.45) is 0 Å². The van der Waals surface area contributed by atoms with Gasteiger partial charge in [-0.15, -0.1) is 10.2 Å². The van der Waals surface area contributed by atoms with Gasteiger partial charge in [-0.05, 0) is 54.9 Å². The number of carbonyl (C=O) groups is 1. The van der Waals surface area contributed by atoms with Crippen LogP contribution in [0.25, 0.3) is 0 Å². The number of thioether (sulfide) groups is 1. The first-order valence-electron chi connectivity index (χ1n) is 11.8. The molecule has 1 fully saturated rings. The first kappa shape index (κ1) is 23.4. The van der Waals surface area contributed by atoms with Gasteiger partial charge in [0, 0.05) is 19.6 Å². The van der Waals surface area contributed by atoms with Crippen LogP contribution in [0.5, 0.6) is 0 Å². The van der Waals surface area contributed by atoms with Crippen molar-refractivity contribution in [2.75, 3.05) is 30.3 Å². The van der Waals surface area contributed by atoms with E-state index >= 15 is 0 Å². The van der Waals surface area contributed by atoms with Crippen LogP contribution in [0.4, 0.5) is 5.95 Å². The van der Waals surface area contributed by atoms with E-state index in [1.165, 1.54) is 42.2 Å². The highest BCUT2D eigenvalue weighted by Crippen LogP contribution is 2.25. The third kappa shape index (κ3) is 6.41. The van der Waals surface area contributed by atoms with Gasteiger partial charge in [0.2, 0.25) is 11.9 Å². The maximum Gasteiger partial charge on any atom is 0.230 e. The molecule has 33 heavy (non-hydrogen) atoms. The van der Waals surface area contributed by atoms with Gasteiger partial charge in [0.15, 0.2) is 5.16 Å². The van der Waals surface area contributed by atoms with E-state index in [0.29, 0.717) is 24.8 Å². The number of rotatable bonds is 10. The number of aromatic nitrogens is 3. The van der Waals surface area contributed by atoms with Crippen LogP contribution in [0.2, 0.25) is 0 Å². The summed E-state index contributed by atoms with van der Waals surface area (Å²) in [7, 11) is 0. The molecule has 0 saturated carbocycles. The van der Waals surface area contributed by atoms with Crippen molar-refractivity contribution in [3.63, 3.8) is 0 Å². The minimum Gasteiger partial charge on any atom is -0.467 e. The lowest BCUT2D eigenvalue weighted by atomic mass is 10.0. The van der Waals surface area contributed by atoms with Crippen LogP contribution in [-0.2, 0) is 17.8 Å². The molecule has 1 saturated heterocycles. The molecular formula is C25H33N5O2S. The van der Waals surface area contributed by atoms with Crippen molar-refractivity contribution in [3.05, 3.63) is 59.5 Å². The Morgan fingerprint density at radius 1 is 1.12 bits per heavy atom. The Kier molecular flexibility index (Phi) is 8.10. The van der Waals surface area contributed by atoms with Crippen LogP contribution >= 0.6 is 11.8 Å². The van der Waals surface area contributed by atoms with Gasteiger partial charge in [-0.3, -0.25) is 9.36 Å². The summed E-state index contributed by atoms with van der Waals surface area (Å²) in [6.45, 7) is 7.54. The Labute approximate surface area is 199 Å². The van der Waals surface area contributed by atoms with Crippen LogP contribution in [-0.4, -0.2) is 46.1 Å². The van der Waals surface area contributed by atoms with Gasteiger partial charge < -0.3 is 14.6 Å². The highest BCUT2D eigenvalue weighted by atomic mass is 32.2. The standard InChI is InChI=1S/C25H33N5O2S/c1-19(2)21-10-8-20(9-11-21)12-13-26-23(31)18-33-25-28-27-24(29-14-4-3-5-15-29)30(25)17-22-7-6-16-32-22/h6-11,16,19H,3-5,12-15,17-18H2,1-2H3,(H,26,31). The van der Waals surface area contributed by atoms with Gasteiger partial charge in [0.1, 0.15) is 5.76 Å². The summed E-state index contributed by atoms with van der Waals surface area (Å²) in [6.07, 6.45) is 6.09. The number of nitrogens with one attached hydrogen (secondary N) is 1. The second-order valence-corrected chi connectivity index (χ2v) is 9.72. The maximum absolute atomic E-state index is 12.5. The molecule has 7 nitrogen and oxygen atoms in total.